The smallest absolute Gasteiger partial charge is 0.343 e. The number of benzene rings is 4. The zero-order valence-electron chi connectivity index (χ0n) is 24.1. The van der Waals surface area contributed by atoms with E-state index in [-0.39, 0.29) is 18.1 Å². The third kappa shape index (κ3) is 9.46. The molecule has 4 aromatic rings. The summed E-state index contributed by atoms with van der Waals surface area (Å²) >= 11 is 0. The molecule has 0 radical (unpaired) electrons. The maximum Gasteiger partial charge on any atom is 0.343 e. The van der Waals surface area contributed by atoms with E-state index in [1.807, 2.05) is 66.4 Å². The van der Waals surface area contributed by atoms with Crippen LogP contribution < -0.4 is 14.8 Å². The molecule has 4 rings (SSSR count). The lowest BCUT2D eigenvalue weighted by atomic mass is 10.1. The van der Waals surface area contributed by atoms with E-state index in [0.717, 1.165) is 11.1 Å². The lowest BCUT2D eigenvalue weighted by Crippen LogP contribution is -2.31. The van der Waals surface area contributed by atoms with E-state index in [1.165, 1.54) is 0 Å². The van der Waals surface area contributed by atoms with Crippen molar-refractivity contribution in [2.24, 2.45) is 0 Å². The molecule has 0 spiro atoms. The Morgan fingerprint density at radius 1 is 0.814 bits per heavy atom. The van der Waals surface area contributed by atoms with E-state index in [4.69, 9.17) is 9.47 Å². The average Bonchev–Trinajstić information content (AvgIpc) is 3.04. The molecule has 43 heavy (non-hydrogen) atoms. The van der Waals surface area contributed by atoms with E-state index in [0.29, 0.717) is 49.5 Å². The van der Waals surface area contributed by atoms with Crippen molar-refractivity contribution in [3.05, 3.63) is 126 Å². The van der Waals surface area contributed by atoms with Gasteiger partial charge in [0.05, 0.1) is 17.9 Å². The number of nitrogens with one attached hydrogen (secondary N) is 1. The third-order valence-electron chi connectivity index (χ3n) is 6.80. The molecule has 0 heterocycles. The molecular weight excluding hydrogens is 544 g/mol. The highest BCUT2D eigenvalue weighted by Gasteiger charge is 2.21. The van der Waals surface area contributed by atoms with Gasteiger partial charge in [-0.25, -0.2) is 9.59 Å². The molecule has 4 aromatic carbocycles. The maximum atomic E-state index is 12.6. The van der Waals surface area contributed by atoms with Gasteiger partial charge in [-0.1, -0.05) is 79.7 Å². The Morgan fingerprint density at radius 3 is 2.14 bits per heavy atom. The van der Waals surface area contributed by atoms with Gasteiger partial charge in [0.2, 0.25) is 5.91 Å². The number of hydrogen-bond acceptors (Lipinski definition) is 6. The second kappa shape index (κ2) is 15.8. The summed E-state index contributed by atoms with van der Waals surface area (Å²) in [6.45, 7) is 3.47. The van der Waals surface area contributed by atoms with E-state index < -0.39 is 18.0 Å². The molecule has 0 fully saturated rings. The summed E-state index contributed by atoms with van der Waals surface area (Å²) in [4.78, 5) is 38.9. The quantitative estimate of drug-likeness (QED) is 0.0977. The average molecular weight is 581 g/mol. The van der Waals surface area contributed by atoms with Crippen LogP contribution in [0.4, 0.5) is 5.69 Å². The van der Waals surface area contributed by atoms with Crippen molar-refractivity contribution in [1.29, 1.82) is 0 Å². The lowest BCUT2D eigenvalue weighted by Gasteiger charge is -2.22. The number of carboxylic acids is 1. The van der Waals surface area contributed by atoms with Crippen molar-refractivity contribution in [1.82, 2.24) is 4.90 Å². The van der Waals surface area contributed by atoms with E-state index >= 15 is 0 Å². The first-order chi connectivity index (χ1) is 20.9. The van der Waals surface area contributed by atoms with Crippen LogP contribution in [0.25, 0.3) is 0 Å². The number of aliphatic carboxylic acids is 1. The number of amides is 1. The first-order valence-electron chi connectivity index (χ1n) is 14.3. The van der Waals surface area contributed by atoms with E-state index in [9.17, 15) is 19.5 Å². The fourth-order valence-electron chi connectivity index (χ4n) is 4.52. The molecule has 0 saturated carbocycles. The van der Waals surface area contributed by atoms with Gasteiger partial charge >= 0.3 is 11.9 Å². The molecule has 0 aromatic heterocycles. The van der Waals surface area contributed by atoms with Crippen molar-refractivity contribution in [3.63, 3.8) is 0 Å². The Labute approximate surface area is 251 Å². The van der Waals surface area contributed by atoms with Crippen molar-refractivity contribution in [2.45, 2.75) is 38.8 Å². The predicted octanol–water partition coefficient (Wildman–Crippen LogP) is 6.22. The lowest BCUT2D eigenvalue weighted by molar-refractivity contribution is -0.138. The van der Waals surface area contributed by atoms with Crippen LogP contribution >= 0.6 is 0 Å². The number of carbonyl (C=O) groups is 3. The molecule has 8 nitrogen and oxygen atoms in total. The van der Waals surface area contributed by atoms with Crippen molar-refractivity contribution >= 4 is 23.5 Å². The van der Waals surface area contributed by atoms with Crippen LogP contribution in [0.3, 0.4) is 0 Å². The van der Waals surface area contributed by atoms with Gasteiger partial charge in [-0.2, -0.15) is 0 Å². The molecule has 0 saturated heterocycles. The number of nitrogens with zero attached hydrogens (tertiary/aromatic N) is 1. The largest absolute Gasteiger partial charge is 0.494 e. The minimum absolute atomic E-state index is 0.103. The predicted molar refractivity (Wildman–Crippen MR) is 165 cm³/mol. The molecule has 0 aliphatic rings. The zero-order valence-corrected chi connectivity index (χ0v) is 24.1. The van der Waals surface area contributed by atoms with E-state index in [2.05, 4.69) is 5.32 Å². The van der Waals surface area contributed by atoms with E-state index in [1.54, 1.807) is 54.6 Å². The van der Waals surface area contributed by atoms with Crippen LogP contribution in [0.1, 0.15) is 41.3 Å². The second-order valence-electron chi connectivity index (χ2n) is 9.99. The number of anilines is 1. The molecule has 1 atom stereocenters. The molecule has 8 heteroatoms. The molecule has 0 aliphatic carbocycles. The van der Waals surface area contributed by atoms with Gasteiger partial charge in [-0.15, -0.1) is 0 Å². The number of hydrogen-bond donors (Lipinski definition) is 2. The monoisotopic (exact) mass is 580 g/mol. The van der Waals surface area contributed by atoms with Crippen LogP contribution in [-0.2, 0) is 22.6 Å². The van der Waals surface area contributed by atoms with Crippen LogP contribution in [0.15, 0.2) is 109 Å². The third-order valence-corrected chi connectivity index (χ3v) is 6.80. The Bertz CT molecular complexity index is 1480. The SMILES string of the molecule is CCC(=O)N(CCCOc1ccc(CC(Nc2ccccc2OC(=O)c2ccccc2)C(=O)O)cc1)Cc1ccccc1. The molecule has 1 unspecified atom stereocenters. The molecule has 2 N–H and O–H groups in total. The number of ether oxygens (including phenoxy) is 2. The van der Waals surface area contributed by atoms with Gasteiger partial charge in [0.1, 0.15) is 11.8 Å². The molecule has 0 aliphatic heterocycles. The van der Waals surface area contributed by atoms with Crippen LogP contribution in [0.5, 0.6) is 11.5 Å². The molecular formula is C35H36N2O6. The highest BCUT2D eigenvalue weighted by molar-refractivity contribution is 5.92. The zero-order chi connectivity index (χ0) is 30.4. The van der Waals surface area contributed by atoms with Gasteiger partial charge in [0, 0.05) is 25.9 Å². The van der Waals surface area contributed by atoms with Crippen LogP contribution in [0, 0.1) is 0 Å². The Morgan fingerprint density at radius 2 is 1.47 bits per heavy atom. The number of carbonyl (C=O) groups excluding carboxylic acids is 2. The maximum absolute atomic E-state index is 12.6. The summed E-state index contributed by atoms with van der Waals surface area (Å²) in [7, 11) is 0. The minimum Gasteiger partial charge on any atom is -0.494 e. The van der Waals surface area contributed by atoms with Crippen molar-refractivity contribution in [2.75, 3.05) is 18.5 Å². The van der Waals surface area contributed by atoms with Gasteiger partial charge in [0.15, 0.2) is 5.75 Å². The summed E-state index contributed by atoms with van der Waals surface area (Å²) in [6.07, 6.45) is 1.33. The first kappa shape index (κ1) is 30.8. The number of carboxylic acid groups (broad SMARTS) is 1. The Balaban J connectivity index is 1.30. The second-order valence-corrected chi connectivity index (χ2v) is 9.99. The highest BCUT2D eigenvalue weighted by Crippen LogP contribution is 2.26. The highest BCUT2D eigenvalue weighted by atomic mass is 16.5. The minimum atomic E-state index is -1.04. The van der Waals surface area contributed by atoms with Gasteiger partial charge < -0.3 is 24.8 Å². The molecule has 222 valence electrons. The van der Waals surface area contributed by atoms with Crippen LogP contribution in [-0.4, -0.2) is 47.0 Å². The van der Waals surface area contributed by atoms with Crippen molar-refractivity contribution in [3.8, 4) is 11.5 Å². The summed E-state index contributed by atoms with van der Waals surface area (Å²) in [5, 5.41) is 12.9. The first-order valence-corrected chi connectivity index (χ1v) is 14.3. The van der Waals surface area contributed by atoms with Gasteiger partial charge in [-0.3, -0.25) is 4.79 Å². The van der Waals surface area contributed by atoms with Crippen LogP contribution in [0.2, 0.25) is 0 Å². The fourth-order valence-corrected chi connectivity index (χ4v) is 4.52. The Hall–Kier alpha value is -5.11. The number of esters is 1. The summed E-state index contributed by atoms with van der Waals surface area (Å²) in [5.74, 6) is -0.552. The summed E-state index contributed by atoms with van der Waals surface area (Å²) in [5.41, 5.74) is 2.69. The standard InChI is InChI=1S/C35H36N2O6/c1-2-33(38)37(25-27-12-5-3-6-13-27)22-11-23-42-29-20-18-26(19-21-29)24-31(34(39)40)36-30-16-9-10-17-32(30)43-35(41)28-14-7-4-8-15-28/h3-10,12-21,31,36H,2,11,22-25H2,1H3,(H,39,40). The van der Waals surface area contributed by atoms with Gasteiger partial charge in [0.25, 0.3) is 0 Å². The number of para-hydroxylation sites is 2. The molecule has 1 amide bonds. The van der Waals surface area contributed by atoms with Crippen molar-refractivity contribution < 1.29 is 29.0 Å². The summed E-state index contributed by atoms with van der Waals surface area (Å²) < 4.78 is 11.4. The Kier molecular flexibility index (Phi) is 11.3. The molecule has 0 bridgehead atoms. The van der Waals surface area contributed by atoms with Gasteiger partial charge in [-0.05, 0) is 53.9 Å². The number of rotatable bonds is 15. The fraction of sp³-hybridized carbons (Fsp3) is 0.229. The normalized spacial score (nSPS) is 11.3. The topological polar surface area (TPSA) is 105 Å². The summed E-state index contributed by atoms with van der Waals surface area (Å²) in [6, 6.07) is 31.6.